The molecule has 1 saturated heterocycles. The minimum absolute atomic E-state index is 0.0732. The average Bonchev–Trinajstić information content (AvgIpc) is 1.82. The number of carbonyl (C=O) groups is 2. The van der Waals surface area contributed by atoms with Gasteiger partial charge in [-0.15, -0.1) is 0 Å². The molecule has 13 nitrogen and oxygen atoms in total. The number of aliphatic hydroxyl groups is 1. The fourth-order valence-corrected chi connectivity index (χ4v) is 26.4. The van der Waals surface area contributed by atoms with E-state index >= 15 is 4.79 Å². The van der Waals surface area contributed by atoms with E-state index in [0.717, 1.165) is 87.5 Å². The van der Waals surface area contributed by atoms with Crippen molar-refractivity contribution < 1.29 is 29.3 Å². The summed E-state index contributed by atoms with van der Waals surface area (Å²) in [4.78, 5) is 40.2. The maximum Gasteiger partial charge on any atom is 0.303 e. The summed E-state index contributed by atoms with van der Waals surface area (Å²) < 4.78 is 13.9. The van der Waals surface area contributed by atoms with Gasteiger partial charge >= 0.3 is 5.97 Å². The first-order valence-electron chi connectivity index (χ1n) is 33.5. The fourth-order valence-electron chi connectivity index (χ4n) is 22.4. The molecule has 8 saturated carbocycles. The number of aliphatic imine (C=N–C) groups is 2. The molecule has 6 heterocycles. The van der Waals surface area contributed by atoms with Gasteiger partial charge in [0.2, 0.25) is 5.91 Å². The molecular formula is C69H97N7O6S2. The van der Waals surface area contributed by atoms with Gasteiger partial charge in [-0.25, -0.2) is 0 Å². The number of aryl methyl sites for hydroxylation is 1. The van der Waals surface area contributed by atoms with Crippen LogP contribution in [0, 0.1) is 57.2 Å². The highest BCUT2D eigenvalue weighted by atomic mass is 33.1. The van der Waals surface area contributed by atoms with Crippen molar-refractivity contribution in [2.75, 3.05) is 25.4 Å². The zero-order valence-corrected chi connectivity index (χ0v) is 51.9. The van der Waals surface area contributed by atoms with Crippen molar-refractivity contribution in [2.24, 2.45) is 84.4 Å². The third-order valence-electron chi connectivity index (χ3n) is 26.2. The molecule has 84 heavy (non-hydrogen) atoms. The smallest absolute Gasteiger partial charge is 0.303 e. The number of esters is 1. The third kappa shape index (κ3) is 9.71. The molecule has 2 aromatic rings. The summed E-state index contributed by atoms with van der Waals surface area (Å²) in [6.45, 7) is 3.62. The van der Waals surface area contributed by atoms with Crippen LogP contribution in [0.2, 0.25) is 0 Å². The predicted molar refractivity (Wildman–Crippen MR) is 335 cm³/mol. The van der Waals surface area contributed by atoms with Crippen LogP contribution in [-0.2, 0) is 27.3 Å². The van der Waals surface area contributed by atoms with Gasteiger partial charge in [-0.05, 0) is 224 Å². The Morgan fingerprint density at radius 3 is 2.50 bits per heavy atom. The molecule has 9 fully saturated rings. The van der Waals surface area contributed by atoms with Crippen molar-refractivity contribution in [1.29, 1.82) is 0 Å². The first-order valence-corrected chi connectivity index (χ1v) is 35.8. The van der Waals surface area contributed by atoms with Crippen molar-refractivity contribution in [3.05, 3.63) is 70.8 Å². The summed E-state index contributed by atoms with van der Waals surface area (Å²) in [7, 11) is 4.25. The summed E-state index contributed by atoms with van der Waals surface area (Å²) in [5.41, 5.74) is 22.1. The van der Waals surface area contributed by atoms with Crippen LogP contribution in [0.4, 0.5) is 0 Å². The largest absolute Gasteiger partial charge is 0.504 e. The minimum atomic E-state index is -0.841. The SMILES string of the molecule is CC(=O)O[C@@]12CCc3cc(c(O)c4c3[C@H]3C=C[C@@]5(CCC[C@H]5C3)O4)CN3C[C@]4(CC3=O)[C@H](CC[C@@H]4c3ccccc3)CN=C(N)N[C@]3(CCCC34CCCC4)SSC[C@@H]3CC[C@@H](C[C@@]34CCC[C@@]43CC[C@H](CCN=C(N)N)C3)[C@@H](CC1)[C@H](O)C2. The number of carbonyl (C=O) groups excluding carboxylic acids is 2. The number of allylic oxidation sites excluding steroid dienone is 1. The van der Waals surface area contributed by atoms with Gasteiger partial charge in [-0.2, -0.15) is 0 Å². The normalized spacial score (nSPS) is 41.4. The van der Waals surface area contributed by atoms with Gasteiger partial charge in [-0.3, -0.25) is 19.6 Å². The molecule has 0 radical (unpaired) electrons. The lowest BCUT2D eigenvalue weighted by Gasteiger charge is -2.57. The Balaban J connectivity index is 0.850. The molecule has 15 aliphatic rings. The van der Waals surface area contributed by atoms with Crippen LogP contribution in [0.25, 0.3) is 0 Å². The number of aliphatic hydroxyl groups excluding tert-OH is 1. The first kappa shape index (κ1) is 57.7. The van der Waals surface area contributed by atoms with Crippen LogP contribution in [0.15, 0.2) is 58.5 Å². The Morgan fingerprint density at radius 1 is 0.869 bits per heavy atom. The number of nitrogens with one attached hydrogen (secondary N) is 1. The van der Waals surface area contributed by atoms with Crippen LogP contribution >= 0.6 is 21.6 Å². The zero-order chi connectivity index (χ0) is 57.7. The van der Waals surface area contributed by atoms with Gasteiger partial charge in [0.15, 0.2) is 23.4 Å². The van der Waals surface area contributed by atoms with Crippen LogP contribution < -0.4 is 27.3 Å². The highest BCUT2D eigenvalue weighted by Crippen LogP contribution is 2.72. The lowest BCUT2D eigenvalue weighted by atomic mass is 9.49. The number of fused-ring (bicyclic) bond motifs is 1. The number of aromatic hydroxyl groups is 1. The average molecular weight is 1180 g/mol. The van der Waals surface area contributed by atoms with E-state index in [2.05, 4.69) is 80.4 Å². The number of guanidine groups is 2. The molecule has 6 aliphatic heterocycles. The molecule has 9 aliphatic carbocycles. The van der Waals surface area contributed by atoms with Gasteiger partial charge in [-0.1, -0.05) is 77.3 Å². The molecule has 456 valence electrons. The van der Waals surface area contributed by atoms with Gasteiger partial charge in [0.25, 0.3) is 0 Å². The highest BCUT2D eigenvalue weighted by molar-refractivity contribution is 8.77. The fraction of sp³-hybridized carbons (Fsp3) is 0.739. The second-order valence-electron chi connectivity index (χ2n) is 29.9. The quantitative estimate of drug-likeness (QED) is 0.0543. The van der Waals surface area contributed by atoms with E-state index in [1.807, 2.05) is 4.90 Å². The van der Waals surface area contributed by atoms with Gasteiger partial charge in [0.1, 0.15) is 16.1 Å². The van der Waals surface area contributed by atoms with E-state index in [1.54, 1.807) is 0 Å². The molecule has 17 rings (SSSR count). The van der Waals surface area contributed by atoms with E-state index in [-0.39, 0.29) is 80.3 Å². The molecule has 1 amide bonds. The second kappa shape index (κ2) is 22.2. The lowest BCUT2D eigenvalue weighted by Crippen LogP contribution is -2.56. The molecule has 10 bridgehead atoms. The molecule has 2 aromatic carbocycles. The molecule has 15 heteroatoms. The Hall–Kier alpha value is -4.08. The van der Waals surface area contributed by atoms with Crippen LogP contribution in [0.5, 0.6) is 11.5 Å². The molecule has 6 spiro atoms. The second-order valence-corrected chi connectivity index (χ2v) is 32.5. The summed E-state index contributed by atoms with van der Waals surface area (Å²) in [6, 6.07) is 13.0. The van der Waals surface area contributed by atoms with Crippen molar-refractivity contribution in [1.82, 2.24) is 10.2 Å². The number of nitrogens with two attached hydrogens (primary N) is 3. The summed E-state index contributed by atoms with van der Waals surface area (Å²) in [6.07, 6.45) is 34.0. The van der Waals surface area contributed by atoms with Crippen molar-refractivity contribution in [3.8, 4) is 11.5 Å². The molecule has 15 atom stereocenters. The van der Waals surface area contributed by atoms with Gasteiger partial charge < -0.3 is 47.1 Å². The standard InChI is InChI=1S/C69H97N7O6S2/c1-44(77)81-65-30-18-47-34-50(59(80)60-58(47)48-19-32-68(82-60)27-7-12-51(68)35-48)41-76-43-66(39-57(76)79)52(15-16-55(66)46-10-3-2-4-11-46)40-74-62(72)75-69(28-9-24-63(69)22-5-6-23-63)84-83-42-53-14-13-49(54(20-31-65)56(78)38-65)37-67(53)26-8-25-64(67)29-17-45(36-64)21-33-73-61(70)71/h2-4,10-11,19,32,34,45,48-49,51-56,78,80H,5-9,12-18,20-31,33,35-43H2,1H3,(H4,70,71,73)(H3,72,74,75)/t45-,48+,49+,51+,52-,53+,54-,55-,56-,64+,65+,66-,67+,68-,69-/m1/s1. The number of ether oxygens (including phenoxy) is 2. The van der Waals surface area contributed by atoms with Crippen molar-refractivity contribution >= 4 is 45.4 Å². The van der Waals surface area contributed by atoms with Crippen LogP contribution in [0.3, 0.4) is 0 Å². The zero-order valence-electron chi connectivity index (χ0n) is 50.3. The Morgan fingerprint density at radius 2 is 1.68 bits per heavy atom. The van der Waals surface area contributed by atoms with Crippen LogP contribution in [0.1, 0.15) is 221 Å². The molecule has 9 N–H and O–H groups in total. The maximum absolute atomic E-state index is 15.0. The van der Waals surface area contributed by atoms with Crippen LogP contribution in [-0.4, -0.2) is 86.5 Å². The van der Waals surface area contributed by atoms with Gasteiger partial charge in [0.05, 0.1) is 6.10 Å². The van der Waals surface area contributed by atoms with E-state index in [9.17, 15) is 15.0 Å². The Bertz CT molecular complexity index is 2930. The Kier molecular flexibility index (Phi) is 15.2. The van der Waals surface area contributed by atoms with E-state index in [0.29, 0.717) is 92.7 Å². The number of rotatable bonds is 5. The molecule has 0 unspecified atom stereocenters. The first-order chi connectivity index (χ1) is 40.6. The van der Waals surface area contributed by atoms with Crippen molar-refractivity contribution in [2.45, 2.75) is 234 Å². The predicted octanol–water partition coefficient (Wildman–Crippen LogP) is 12.5. The monoisotopic (exact) mass is 1180 g/mol. The number of phenolic OH excluding ortho intramolecular Hbond substituents is 1. The summed E-state index contributed by atoms with van der Waals surface area (Å²) >= 11 is 0. The number of hydrogen-bond acceptors (Lipinski definition) is 12. The number of phenols is 1. The molecule has 0 aromatic heterocycles. The van der Waals surface area contributed by atoms with E-state index in [4.69, 9.17) is 31.7 Å². The third-order valence-corrected chi connectivity index (χ3v) is 29.4. The molecular weight excluding hydrogens is 1090 g/mol. The minimum Gasteiger partial charge on any atom is -0.504 e. The number of nitrogens with zero attached hydrogens (tertiary/aromatic N) is 3. The number of hydrogen-bond donors (Lipinski definition) is 6. The van der Waals surface area contributed by atoms with E-state index < -0.39 is 17.3 Å². The van der Waals surface area contributed by atoms with E-state index in [1.165, 1.54) is 96.0 Å². The van der Waals surface area contributed by atoms with Crippen molar-refractivity contribution in [3.63, 3.8) is 0 Å². The highest BCUT2D eigenvalue weighted by Gasteiger charge is 2.64. The summed E-state index contributed by atoms with van der Waals surface area (Å²) in [5, 5.41) is 29.8. The lowest BCUT2D eigenvalue weighted by molar-refractivity contribution is -0.172. The summed E-state index contributed by atoms with van der Waals surface area (Å²) in [5.74, 6) is 4.81. The number of amides is 1. The number of benzene rings is 2. The Labute approximate surface area is 507 Å². The topological polar surface area (TPSA) is 211 Å². The van der Waals surface area contributed by atoms with Gasteiger partial charge in [0, 0.05) is 85.5 Å². The maximum atomic E-state index is 15.0.